The molecule has 1 aliphatic heterocycles. The predicted octanol–water partition coefficient (Wildman–Crippen LogP) is 2.65. The maximum Gasteiger partial charge on any atom is 0.0192 e. The molecule has 3 aliphatic rings. The van der Waals surface area contributed by atoms with Gasteiger partial charge in [-0.3, -0.25) is 0 Å². The number of nitrogens with two attached hydrogens (primary N) is 1. The maximum atomic E-state index is 6.46. The first kappa shape index (κ1) is 9.53. The number of hydrogen-bond acceptors (Lipinski definition) is 2. The van der Waals surface area contributed by atoms with Crippen LogP contribution in [0.4, 0.5) is 0 Å². The van der Waals surface area contributed by atoms with Crippen LogP contribution in [0.5, 0.6) is 0 Å². The molecule has 0 aromatic carbocycles. The lowest BCUT2D eigenvalue weighted by molar-refractivity contribution is 0.373. The minimum Gasteiger partial charge on any atom is -0.325 e. The molecule has 0 aromatic rings. The van der Waals surface area contributed by atoms with Gasteiger partial charge in [-0.05, 0) is 67.8 Å². The molecule has 1 saturated heterocycles. The fourth-order valence-electron chi connectivity index (χ4n) is 3.21. The Kier molecular flexibility index (Phi) is 2.32. The van der Waals surface area contributed by atoms with Gasteiger partial charge in [0.2, 0.25) is 0 Å². The van der Waals surface area contributed by atoms with Crippen LogP contribution in [-0.4, -0.2) is 17.0 Å². The van der Waals surface area contributed by atoms with E-state index >= 15 is 0 Å². The highest BCUT2D eigenvalue weighted by Gasteiger charge is 2.57. The zero-order chi connectivity index (χ0) is 9.60. The number of hydrogen-bond donors (Lipinski definition) is 1. The van der Waals surface area contributed by atoms with E-state index in [1.165, 1.54) is 50.0 Å². The van der Waals surface area contributed by atoms with Crippen molar-refractivity contribution in [2.24, 2.45) is 23.5 Å². The van der Waals surface area contributed by atoms with Gasteiger partial charge in [0.05, 0.1) is 0 Å². The summed E-state index contributed by atoms with van der Waals surface area (Å²) in [7, 11) is 0. The van der Waals surface area contributed by atoms with Gasteiger partial charge >= 0.3 is 0 Å². The fraction of sp³-hybridized carbons (Fsp3) is 1.00. The summed E-state index contributed by atoms with van der Waals surface area (Å²) in [6.45, 7) is 0. The Bertz CT molecular complexity index is 220. The minimum atomic E-state index is 0.299. The molecule has 2 aliphatic carbocycles. The summed E-state index contributed by atoms with van der Waals surface area (Å²) >= 11 is 2.12. The Morgan fingerprint density at radius 2 is 1.86 bits per heavy atom. The second-order valence-electron chi connectivity index (χ2n) is 5.64. The fourth-order valence-corrected chi connectivity index (χ4v) is 4.41. The summed E-state index contributed by atoms with van der Waals surface area (Å²) < 4.78 is 0. The maximum absolute atomic E-state index is 6.46. The lowest BCUT2D eigenvalue weighted by Gasteiger charge is -2.24. The van der Waals surface area contributed by atoms with Crippen LogP contribution in [0.25, 0.3) is 0 Å². The van der Waals surface area contributed by atoms with E-state index in [4.69, 9.17) is 5.73 Å². The molecule has 0 spiro atoms. The van der Waals surface area contributed by atoms with Crippen LogP contribution in [-0.2, 0) is 0 Å². The lowest BCUT2D eigenvalue weighted by atomic mass is 9.91. The zero-order valence-corrected chi connectivity index (χ0v) is 9.69. The quantitative estimate of drug-likeness (QED) is 0.776. The molecule has 2 unspecified atom stereocenters. The van der Waals surface area contributed by atoms with Crippen molar-refractivity contribution in [3.63, 3.8) is 0 Å². The van der Waals surface area contributed by atoms with E-state index in [9.17, 15) is 0 Å². The highest BCUT2D eigenvalue weighted by molar-refractivity contribution is 7.99. The monoisotopic (exact) mass is 211 g/mol. The van der Waals surface area contributed by atoms with Gasteiger partial charge in [-0.2, -0.15) is 11.8 Å². The van der Waals surface area contributed by atoms with Crippen LogP contribution in [0.1, 0.15) is 38.5 Å². The van der Waals surface area contributed by atoms with E-state index in [0.717, 1.165) is 17.8 Å². The summed E-state index contributed by atoms with van der Waals surface area (Å²) in [5, 5.41) is 0. The van der Waals surface area contributed by atoms with E-state index < -0.39 is 0 Å². The Balaban J connectivity index is 1.51. The molecule has 0 aromatic heterocycles. The molecule has 3 rings (SSSR count). The molecule has 2 heteroatoms. The summed E-state index contributed by atoms with van der Waals surface area (Å²) in [5.41, 5.74) is 6.76. The highest BCUT2D eigenvalue weighted by atomic mass is 32.2. The normalized spacial score (nSPS) is 43.9. The van der Waals surface area contributed by atoms with Gasteiger partial charge in [0.1, 0.15) is 0 Å². The van der Waals surface area contributed by atoms with Crippen molar-refractivity contribution in [1.82, 2.24) is 0 Å². The molecular weight excluding hydrogens is 190 g/mol. The first-order valence-corrected chi connectivity index (χ1v) is 7.30. The van der Waals surface area contributed by atoms with Gasteiger partial charge in [0.15, 0.2) is 0 Å². The molecule has 0 amide bonds. The SMILES string of the molecule is NC1(CC2CCSCC2)CC1C1CC1. The average molecular weight is 211 g/mol. The van der Waals surface area contributed by atoms with E-state index in [0.29, 0.717) is 5.54 Å². The summed E-state index contributed by atoms with van der Waals surface area (Å²) in [6, 6.07) is 0. The number of rotatable bonds is 3. The smallest absolute Gasteiger partial charge is 0.0192 e. The lowest BCUT2D eigenvalue weighted by Crippen LogP contribution is -2.30. The van der Waals surface area contributed by atoms with Crippen LogP contribution in [0.3, 0.4) is 0 Å². The first-order chi connectivity index (χ1) is 6.78. The van der Waals surface area contributed by atoms with E-state index in [1.807, 2.05) is 0 Å². The van der Waals surface area contributed by atoms with Crippen LogP contribution >= 0.6 is 11.8 Å². The van der Waals surface area contributed by atoms with Gasteiger partial charge < -0.3 is 5.73 Å². The molecule has 2 saturated carbocycles. The second kappa shape index (κ2) is 3.41. The van der Waals surface area contributed by atoms with Crippen molar-refractivity contribution in [3.8, 4) is 0 Å². The van der Waals surface area contributed by atoms with Gasteiger partial charge in [-0.25, -0.2) is 0 Å². The molecule has 2 atom stereocenters. The van der Waals surface area contributed by atoms with Gasteiger partial charge in [0, 0.05) is 5.54 Å². The average Bonchev–Trinajstić information content (AvgIpc) is 3.03. The summed E-state index contributed by atoms with van der Waals surface area (Å²) in [5.74, 6) is 5.70. The van der Waals surface area contributed by atoms with E-state index in [-0.39, 0.29) is 0 Å². The third-order valence-electron chi connectivity index (χ3n) is 4.38. The zero-order valence-electron chi connectivity index (χ0n) is 8.87. The standard InChI is InChI=1S/C12H21NS/c13-12(8-11(12)10-1-2-10)7-9-3-5-14-6-4-9/h9-11H,1-8,13H2. The molecule has 1 heterocycles. The van der Waals surface area contributed by atoms with Gasteiger partial charge in [-0.15, -0.1) is 0 Å². The van der Waals surface area contributed by atoms with Gasteiger partial charge in [-0.1, -0.05) is 0 Å². The Morgan fingerprint density at radius 3 is 2.50 bits per heavy atom. The second-order valence-corrected chi connectivity index (χ2v) is 6.87. The number of thioether (sulfide) groups is 1. The van der Waals surface area contributed by atoms with Crippen molar-refractivity contribution in [2.75, 3.05) is 11.5 Å². The summed E-state index contributed by atoms with van der Waals surface area (Å²) in [6.07, 6.45) is 8.51. The molecule has 0 bridgehead atoms. The molecule has 1 nitrogen and oxygen atoms in total. The van der Waals surface area contributed by atoms with E-state index in [1.54, 1.807) is 0 Å². The molecule has 0 radical (unpaired) electrons. The molecule has 3 fully saturated rings. The van der Waals surface area contributed by atoms with Crippen LogP contribution in [0.15, 0.2) is 0 Å². The van der Waals surface area contributed by atoms with Gasteiger partial charge in [0.25, 0.3) is 0 Å². The summed E-state index contributed by atoms with van der Waals surface area (Å²) in [4.78, 5) is 0. The first-order valence-electron chi connectivity index (χ1n) is 6.14. The predicted molar refractivity (Wildman–Crippen MR) is 62.4 cm³/mol. The topological polar surface area (TPSA) is 26.0 Å². The molecular formula is C12H21NS. The van der Waals surface area contributed by atoms with Crippen LogP contribution in [0, 0.1) is 17.8 Å². The molecule has 2 N–H and O–H groups in total. The van der Waals surface area contributed by atoms with Crippen LogP contribution < -0.4 is 5.73 Å². The third-order valence-corrected chi connectivity index (χ3v) is 5.43. The highest BCUT2D eigenvalue weighted by Crippen LogP contribution is 2.58. The Morgan fingerprint density at radius 1 is 1.14 bits per heavy atom. The van der Waals surface area contributed by atoms with Crippen LogP contribution in [0.2, 0.25) is 0 Å². The van der Waals surface area contributed by atoms with Crippen molar-refractivity contribution >= 4 is 11.8 Å². The van der Waals surface area contributed by atoms with Crippen molar-refractivity contribution < 1.29 is 0 Å². The van der Waals surface area contributed by atoms with Crippen molar-refractivity contribution in [3.05, 3.63) is 0 Å². The largest absolute Gasteiger partial charge is 0.325 e. The third kappa shape index (κ3) is 1.83. The van der Waals surface area contributed by atoms with Crippen molar-refractivity contribution in [2.45, 2.75) is 44.1 Å². The molecule has 80 valence electrons. The minimum absolute atomic E-state index is 0.299. The van der Waals surface area contributed by atoms with Crippen molar-refractivity contribution in [1.29, 1.82) is 0 Å². The Hall–Kier alpha value is 0.310. The van der Waals surface area contributed by atoms with E-state index in [2.05, 4.69) is 11.8 Å². The molecule has 14 heavy (non-hydrogen) atoms. The Labute approximate surface area is 91.2 Å².